The number of hydrogen-bond acceptors (Lipinski definition) is 5. The van der Waals surface area contributed by atoms with Crippen molar-refractivity contribution in [3.05, 3.63) is 5.28 Å². The van der Waals surface area contributed by atoms with Crippen LogP contribution in [0.5, 0.6) is 6.01 Å². The van der Waals surface area contributed by atoms with E-state index in [0.29, 0.717) is 5.95 Å². The van der Waals surface area contributed by atoms with Crippen molar-refractivity contribution in [3.63, 3.8) is 0 Å². The summed E-state index contributed by atoms with van der Waals surface area (Å²) >= 11 is 5.82. The Morgan fingerprint density at radius 3 is 2.65 bits per heavy atom. The number of anilines is 1. The summed E-state index contributed by atoms with van der Waals surface area (Å²) in [5, 5.41) is 0.171. The Balaban J connectivity index is 2.06. The summed E-state index contributed by atoms with van der Waals surface area (Å²) < 4.78 is 4.98. The third-order valence-electron chi connectivity index (χ3n) is 3.11. The minimum Gasteiger partial charge on any atom is -0.467 e. The van der Waals surface area contributed by atoms with Crippen molar-refractivity contribution in [2.75, 3.05) is 25.6 Å². The first-order valence-electron chi connectivity index (χ1n) is 5.85. The molecule has 0 aromatic carbocycles. The Bertz CT molecular complexity index is 382. The summed E-state index contributed by atoms with van der Waals surface area (Å²) in [7, 11) is 3.50. The third kappa shape index (κ3) is 3.19. The fourth-order valence-electron chi connectivity index (χ4n) is 2.25. The highest BCUT2D eigenvalue weighted by Gasteiger charge is 2.19. The molecule has 0 aliphatic heterocycles. The summed E-state index contributed by atoms with van der Waals surface area (Å²) in [6.45, 7) is 0.962. The van der Waals surface area contributed by atoms with Crippen molar-refractivity contribution in [1.29, 1.82) is 0 Å². The average Bonchev–Trinajstić information content (AvgIpc) is 2.81. The fourth-order valence-corrected chi connectivity index (χ4v) is 2.39. The lowest BCUT2D eigenvalue weighted by atomic mass is 10.1. The van der Waals surface area contributed by atoms with Gasteiger partial charge in [0, 0.05) is 13.6 Å². The lowest BCUT2D eigenvalue weighted by Crippen LogP contribution is -2.26. The molecular formula is C11H17ClN4O. The lowest BCUT2D eigenvalue weighted by molar-refractivity contribution is 0.377. The van der Waals surface area contributed by atoms with Gasteiger partial charge in [0.1, 0.15) is 0 Å². The van der Waals surface area contributed by atoms with Gasteiger partial charge < -0.3 is 9.64 Å². The number of ether oxygens (including phenoxy) is 1. The van der Waals surface area contributed by atoms with Crippen LogP contribution in [-0.4, -0.2) is 35.7 Å². The lowest BCUT2D eigenvalue weighted by Gasteiger charge is -2.20. The zero-order chi connectivity index (χ0) is 12.3. The molecule has 1 aromatic rings. The van der Waals surface area contributed by atoms with E-state index in [4.69, 9.17) is 16.3 Å². The minimum absolute atomic E-state index is 0.171. The number of nitrogens with zero attached hydrogens (tertiary/aromatic N) is 4. The SMILES string of the molecule is COc1nc(Cl)nc(N(C)CC2CCCC2)n1. The Hall–Kier alpha value is -1.10. The Morgan fingerprint density at radius 1 is 1.29 bits per heavy atom. The maximum atomic E-state index is 5.82. The highest BCUT2D eigenvalue weighted by atomic mass is 35.5. The first-order valence-corrected chi connectivity index (χ1v) is 6.23. The molecule has 0 unspecified atom stereocenters. The molecule has 6 heteroatoms. The molecule has 5 nitrogen and oxygen atoms in total. The van der Waals surface area contributed by atoms with E-state index in [1.54, 1.807) is 0 Å². The Kier molecular flexibility index (Phi) is 3.99. The molecule has 1 fully saturated rings. The number of rotatable bonds is 4. The van der Waals surface area contributed by atoms with Gasteiger partial charge in [-0.15, -0.1) is 0 Å². The van der Waals surface area contributed by atoms with E-state index in [0.717, 1.165) is 12.5 Å². The van der Waals surface area contributed by atoms with Gasteiger partial charge in [0.15, 0.2) is 0 Å². The molecule has 1 aliphatic rings. The molecule has 0 saturated heterocycles. The van der Waals surface area contributed by atoms with Gasteiger partial charge in [-0.05, 0) is 30.4 Å². The fraction of sp³-hybridized carbons (Fsp3) is 0.727. The van der Waals surface area contributed by atoms with Crippen molar-refractivity contribution in [3.8, 4) is 6.01 Å². The molecule has 0 bridgehead atoms. The molecule has 0 amide bonds. The van der Waals surface area contributed by atoms with Crippen LogP contribution in [0.25, 0.3) is 0 Å². The van der Waals surface area contributed by atoms with Crippen LogP contribution < -0.4 is 9.64 Å². The van der Waals surface area contributed by atoms with Gasteiger partial charge >= 0.3 is 6.01 Å². The van der Waals surface area contributed by atoms with Crippen LogP contribution in [0.4, 0.5) is 5.95 Å². The number of aromatic nitrogens is 3. The van der Waals surface area contributed by atoms with E-state index in [1.807, 2.05) is 11.9 Å². The molecule has 1 saturated carbocycles. The van der Waals surface area contributed by atoms with Gasteiger partial charge in [0.2, 0.25) is 11.2 Å². The topological polar surface area (TPSA) is 51.1 Å². The minimum atomic E-state index is 0.171. The van der Waals surface area contributed by atoms with E-state index in [2.05, 4.69) is 15.0 Å². The van der Waals surface area contributed by atoms with E-state index < -0.39 is 0 Å². The third-order valence-corrected chi connectivity index (χ3v) is 3.28. The molecule has 0 N–H and O–H groups in total. The van der Waals surface area contributed by atoms with Gasteiger partial charge in [0.05, 0.1) is 7.11 Å². The monoisotopic (exact) mass is 256 g/mol. The second kappa shape index (κ2) is 5.49. The molecule has 0 atom stereocenters. The smallest absolute Gasteiger partial charge is 0.322 e. The van der Waals surface area contributed by atoms with Crippen LogP contribution in [0, 0.1) is 5.92 Å². The van der Waals surface area contributed by atoms with E-state index in [-0.39, 0.29) is 11.3 Å². The quantitative estimate of drug-likeness (QED) is 0.826. The van der Waals surface area contributed by atoms with Crippen LogP contribution in [-0.2, 0) is 0 Å². The Morgan fingerprint density at radius 2 is 2.00 bits per heavy atom. The van der Waals surface area contributed by atoms with Gasteiger partial charge in [-0.1, -0.05) is 12.8 Å². The summed E-state index contributed by atoms with van der Waals surface area (Å²) in [6, 6.07) is 0.262. The molecule has 1 aromatic heterocycles. The van der Waals surface area contributed by atoms with Crippen LogP contribution in [0.15, 0.2) is 0 Å². The summed E-state index contributed by atoms with van der Waals surface area (Å²) in [4.78, 5) is 14.2. The van der Waals surface area contributed by atoms with Crippen molar-refractivity contribution in [2.45, 2.75) is 25.7 Å². The molecule has 1 heterocycles. The Labute approximate surface area is 106 Å². The molecule has 94 valence electrons. The maximum Gasteiger partial charge on any atom is 0.322 e. The molecular weight excluding hydrogens is 240 g/mol. The molecule has 0 spiro atoms. The largest absolute Gasteiger partial charge is 0.467 e. The second-order valence-electron chi connectivity index (χ2n) is 4.42. The van der Waals surface area contributed by atoms with Gasteiger partial charge in [-0.25, -0.2) is 0 Å². The average molecular weight is 257 g/mol. The zero-order valence-corrected chi connectivity index (χ0v) is 10.9. The van der Waals surface area contributed by atoms with Gasteiger partial charge in [-0.2, -0.15) is 15.0 Å². The van der Waals surface area contributed by atoms with Crippen molar-refractivity contribution in [1.82, 2.24) is 15.0 Å². The highest BCUT2D eigenvalue weighted by molar-refractivity contribution is 6.28. The van der Waals surface area contributed by atoms with Gasteiger partial charge in [-0.3, -0.25) is 0 Å². The van der Waals surface area contributed by atoms with Crippen molar-refractivity contribution in [2.24, 2.45) is 5.92 Å². The molecule has 2 rings (SSSR count). The normalized spacial score (nSPS) is 16.2. The van der Waals surface area contributed by atoms with Crippen LogP contribution in [0.2, 0.25) is 5.28 Å². The maximum absolute atomic E-state index is 5.82. The molecule has 1 aliphatic carbocycles. The zero-order valence-electron chi connectivity index (χ0n) is 10.2. The molecule has 17 heavy (non-hydrogen) atoms. The highest BCUT2D eigenvalue weighted by Crippen LogP contribution is 2.26. The first kappa shape index (κ1) is 12.4. The number of methoxy groups -OCH3 is 1. The van der Waals surface area contributed by atoms with Crippen LogP contribution >= 0.6 is 11.6 Å². The van der Waals surface area contributed by atoms with E-state index in [1.165, 1.54) is 32.8 Å². The predicted octanol–water partition coefficient (Wildman–Crippen LogP) is 2.16. The van der Waals surface area contributed by atoms with Gasteiger partial charge in [0.25, 0.3) is 0 Å². The van der Waals surface area contributed by atoms with Crippen LogP contribution in [0.1, 0.15) is 25.7 Å². The standard InChI is InChI=1S/C11H17ClN4O/c1-16(7-8-5-3-4-6-8)10-13-9(12)14-11(15-10)17-2/h8H,3-7H2,1-2H3. The summed E-state index contributed by atoms with van der Waals surface area (Å²) in [5.74, 6) is 1.32. The predicted molar refractivity (Wildman–Crippen MR) is 66.6 cm³/mol. The van der Waals surface area contributed by atoms with E-state index >= 15 is 0 Å². The second-order valence-corrected chi connectivity index (χ2v) is 4.76. The summed E-state index contributed by atoms with van der Waals surface area (Å²) in [6.07, 6.45) is 5.25. The number of hydrogen-bond donors (Lipinski definition) is 0. The van der Waals surface area contributed by atoms with Crippen molar-refractivity contribution < 1.29 is 4.74 Å². The summed E-state index contributed by atoms with van der Waals surface area (Å²) in [5.41, 5.74) is 0. The first-order chi connectivity index (χ1) is 8.19. The van der Waals surface area contributed by atoms with E-state index in [9.17, 15) is 0 Å². The molecule has 0 radical (unpaired) electrons. The van der Waals surface area contributed by atoms with Crippen LogP contribution in [0.3, 0.4) is 0 Å². The number of halogens is 1. The van der Waals surface area contributed by atoms with Crippen molar-refractivity contribution >= 4 is 17.5 Å².